The van der Waals surface area contributed by atoms with E-state index in [1.54, 1.807) is 6.92 Å². The second-order valence-corrected chi connectivity index (χ2v) is 3.51. The van der Waals surface area contributed by atoms with Crippen LogP contribution in [0.1, 0.15) is 19.8 Å². The van der Waals surface area contributed by atoms with Gasteiger partial charge in [-0.15, -0.1) is 0 Å². The highest BCUT2D eigenvalue weighted by atomic mass is 19.4. The molecule has 0 saturated heterocycles. The van der Waals surface area contributed by atoms with Crippen LogP contribution < -0.4 is 0 Å². The molecule has 80 valence electrons. The number of aliphatic hydroxyl groups is 1. The molecule has 14 heavy (non-hydrogen) atoms. The van der Waals surface area contributed by atoms with E-state index in [4.69, 9.17) is 5.11 Å². The molecule has 0 aromatic rings. The predicted molar refractivity (Wildman–Crippen MR) is 47.7 cm³/mol. The second kappa shape index (κ2) is 4.17. The van der Waals surface area contributed by atoms with E-state index in [2.05, 4.69) is 0 Å². The summed E-state index contributed by atoms with van der Waals surface area (Å²) in [7, 11) is 0. The summed E-state index contributed by atoms with van der Waals surface area (Å²) in [5.41, 5.74) is 0.409. The van der Waals surface area contributed by atoms with E-state index in [1.807, 2.05) is 0 Å². The molecule has 4 heteroatoms. The van der Waals surface area contributed by atoms with Gasteiger partial charge in [-0.3, -0.25) is 0 Å². The lowest BCUT2D eigenvalue weighted by Gasteiger charge is -2.22. The molecular weight excluding hydrogens is 193 g/mol. The first kappa shape index (κ1) is 11.3. The van der Waals surface area contributed by atoms with Crippen molar-refractivity contribution in [1.82, 2.24) is 0 Å². The van der Waals surface area contributed by atoms with Crippen LogP contribution in [0.2, 0.25) is 0 Å². The molecule has 0 radical (unpaired) electrons. The van der Waals surface area contributed by atoms with E-state index in [-0.39, 0.29) is 18.9 Å². The zero-order valence-corrected chi connectivity index (χ0v) is 7.93. The van der Waals surface area contributed by atoms with Crippen molar-refractivity contribution >= 4 is 0 Å². The average Bonchev–Trinajstić information content (AvgIpc) is 2.07. The Labute approximate surface area is 80.9 Å². The lowest BCUT2D eigenvalue weighted by Crippen LogP contribution is -2.18. The molecule has 1 atom stereocenters. The topological polar surface area (TPSA) is 20.2 Å². The number of halogens is 3. The van der Waals surface area contributed by atoms with Gasteiger partial charge in [-0.1, -0.05) is 24.6 Å². The molecule has 1 N–H and O–H groups in total. The van der Waals surface area contributed by atoms with Crippen LogP contribution in [0.3, 0.4) is 0 Å². The van der Waals surface area contributed by atoms with Gasteiger partial charge >= 0.3 is 6.18 Å². The summed E-state index contributed by atoms with van der Waals surface area (Å²) in [6.07, 6.45) is -1.13. The maximum absolute atomic E-state index is 12.3. The number of hydrogen-bond donors (Lipinski definition) is 1. The maximum atomic E-state index is 12.3. The van der Waals surface area contributed by atoms with E-state index in [0.29, 0.717) is 6.42 Å². The molecule has 0 bridgehead atoms. The van der Waals surface area contributed by atoms with Gasteiger partial charge in [-0.25, -0.2) is 0 Å². The van der Waals surface area contributed by atoms with E-state index in [0.717, 1.165) is 11.6 Å². The van der Waals surface area contributed by atoms with Crippen molar-refractivity contribution < 1.29 is 18.3 Å². The third-order valence-electron chi connectivity index (χ3n) is 2.42. The Bertz CT molecular complexity index is 263. The molecule has 0 aromatic heterocycles. The van der Waals surface area contributed by atoms with Crippen LogP contribution in [0.5, 0.6) is 0 Å². The zero-order chi connectivity index (χ0) is 10.8. The summed E-state index contributed by atoms with van der Waals surface area (Å²) in [4.78, 5) is 0. The molecule has 0 aromatic carbocycles. The van der Waals surface area contributed by atoms with Crippen molar-refractivity contribution in [1.29, 1.82) is 0 Å². The van der Waals surface area contributed by atoms with Gasteiger partial charge in [-0.05, 0) is 18.8 Å². The fourth-order valence-electron chi connectivity index (χ4n) is 1.57. The molecule has 0 spiro atoms. The van der Waals surface area contributed by atoms with Crippen molar-refractivity contribution in [3.05, 3.63) is 23.3 Å². The molecule has 1 nitrogen and oxygen atoms in total. The van der Waals surface area contributed by atoms with Gasteiger partial charge < -0.3 is 5.11 Å². The van der Waals surface area contributed by atoms with Crippen molar-refractivity contribution in [3.63, 3.8) is 0 Å². The summed E-state index contributed by atoms with van der Waals surface area (Å²) in [6.45, 7) is 1.74. The molecule has 1 aliphatic carbocycles. The highest BCUT2D eigenvalue weighted by Gasteiger charge is 2.35. The largest absolute Gasteiger partial charge is 0.412 e. The van der Waals surface area contributed by atoms with Gasteiger partial charge in [0.25, 0.3) is 0 Å². The van der Waals surface area contributed by atoms with Crippen molar-refractivity contribution in [2.45, 2.75) is 25.9 Å². The second-order valence-electron chi connectivity index (χ2n) is 3.51. The fraction of sp³-hybridized carbons (Fsp3) is 0.600. The molecule has 0 fully saturated rings. The molecule has 0 saturated carbocycles. The third kappa shape index (κ3) is 2.61. The molecular formula is C10H13F3O. The Hall–Kier alpha value is -0.770. The van der Waals surface area contributed by atoms with Gasteiger partial charge in [0.2, 0.25) is 0 Å². The van der Waals surface area contributed by atoms with E-state index >= 15 is 0 Å². The summed E-state index contributed by atoms with van der Waals surface area (Å²) < 4.78 is 36.8. The highest BCUT2D eigenvalue weighted by molar-refractivity contribution is 5.28. The van der Waals surface area contributed by atoms with E-state index in [1.165, 1.54) is 6.08 Å². The van der Waals surface area contributed by atoms with E-state index in [9.17, 15) is 13.2 Å². The van der Waals surface area contributed by atoms with Gasteiger partial charge in [0, 0.05) is 12.2 Å². The van der Waals surface area contributed by atoms with Crippen LogP contribution in [0.4, 0.5) is 13.2 Å². The van der Waals surface area contributed by atoms with Crippen LogP contribution >= 0.6 is 0 Å². The Morgan fingerprint density at radius 1 is 1.43 bits per heavy atom. The molecule has 0 aliphatic heterocycles. The van der Waals surface area contributed by atoms with Crippen LogP contribution in [-0.4, -0.2) is 17.9 Å². The standard InChI is InChI=1S/C10H13F3O/c1-7-6-9(10(11,12)13)3-2-8(7)4-5-14/h2-3,7,14H,4-6H2,1H3. The lowest BCUT2D eigenvalue weighted by molar-refractivity contribution is -0.0951. The molecule has 0 heterocycles. The van der Waals surface area contributed by atoms with Gasteiger partial charge in [-0.2, -0.15) is 13.2 Å². The molecule has 1 unspecified atom stereocenters. The number of hydrogen-bond acceptors (Lipinski definition) is 1. The summed E-state index contributed by atoms with van der Waals surface area (Å²) >= 11 is 0. The minimum Gasteiger partial charge on any atom is -0.396 e. The smallest absolute Gasteiger partial charge is 0.396 e. The van der Waals surface area contributed by atoms with Crippen LogP contribution in [0.25, 0.3) is 0 Å². The van der Waals surface area contributed by atoms with Crippen LogP contribution in [-0.2, 0) is 0 Å². The lowest BCUT2D eigenvalue weighted by atomic mass is 9.87. The number of aliphatic hydroxyl groups excluding tert-OH is 1. The Morgan fingerprint density at radius 2 is 2.07 bits per heavy atom. The quantitative estimate of drug-likeness (QED) is 0.736. The highest BCUT2D eigenvalue weighted by Crippen LogP contribution is 2.36. The van der Waals surface area contributed by atoms with Crippen molar-refractivity contribution in [2.24, 2.45) is 5.92 Å². The van der Waals surface area contributed by atoms with Crippen LogP contribution in [0.15, 0.2) is 23.3 Å². The first-order valence-corrected chi connectivity index (χ1v) is 4.53. The monoisotopic (exact) mass is 206 g/mol. The Kier molecular flexibility index (Phi) is 3.37. The fourth-order valence-corrected chi connectivity index (χ4v) is 1.57. The van der Waals surface area contributed by atoms with E-state index < -0.39 is 11.7 Å². The predicted octanol–water partition coefficient (Wildman–Crippen LogP) is 2.82. The molecule has 0 amide bonds. The summed E-state index contributed by atoms with van der Waals surface area (Å²) in [6, 6.07) is 0. The zero-order valence-electron chi connectivity index (χ0n) is 7.93. The average molecular weight is 206 g/mol. The maximum Gasteiger partial charge on any atom is 0.412 e. The van der Waals surface area contributed by atoms with Crippen molar-refractivity contribution in [3.8, 4) is 0 Å². The Balaban J connectivity index is 2.79. The molecule has 1 aliphatic rings. The SMILES string of the molecule is CC1CC(C(F)(F)F)=CC=C1CCO. The van der Waals surface area contributed by atoms with Gasteiger partial charge in [0.05, 0.1) is 0 Å². The number of allylic oxidation sites excluding steroid dienone is 3. The van der Waals surface area contributed by atoms with Crippen LogP contribution in [0, 0.1) is 5.92 Å². The summed E-state index contributed by atoms with van der Waals surface area (Å²) in [5.74, 6) is -0.122. The Morgan fingerprint density at radius 3 is 2.50 bits per heavy atom. The minimum atomic E-state index is -4.21. The number of rotatable bonds is 2. The summed E-state index contributed by atoms with van der Waals surface area (Å²) in [5, 5.41) is 8.68. The number of alkyl halides is 3. The third-order valence-corrected chi connectivity index (χ3v) is 2.42. The normalized spacial score (nSPS) is 23.1. The minimum absolute atomic E-state index is 0.00857. The molecule has 1 rings (SSSR count). The first-order valence-electron chi connectivity index (χ1n) is 4.53. The van der Waals surface area contributed by atoms with Crippen molar-refractivity contribution in [2.75, 3.05) is 6.61 Å². The first-order chi connectivity index (χ1) is 6.45. The van der Waals surface area contributed by atoms with Gasteiger partial charge in [0.1, 0.15) is 0 Å². The van der Waals surface area contributed by atoms with Gasteiger partial charge in [0.15, 0.2) is 0 Å².